The summed E-state index contributed by atoms with van der Waals surface area (Å²) in [5.41, 5.74) is 6.70. The number of H-pyrrole nitrogens is 1. The summed E-state index contributed by atoms with van der Waals surface area (Å²) in [7, 11) is 0. The van der Waals surface area contributed by atoms with Crippen molar-refractivity contribution in [1.29, 1.82) is 0 Å². The minimum atomic E-state index is -0.0313. The first-order valence-electron chi connectivity index (χ1n) is 4.77. The molecule has 1 aromatic rings. The Labute approximate surface area is 87.7 Å². The normalized spacial score (nSPS) is 23.1. The van der Waals surface area contributed by atoms with E-state index in [0.29, 0.717) is 18.5 Å². The highest BCUT2D eigenvalue weighted by molar-refractivity contribution is 5.99. The summed E-state index contributed by atoms with van der Waals surface area (Å²) in [5, 5.41) is 5.94. The summed E-state index contributed by atoms with van der Waals surface area (Å²) in [6.07, 6.45) is 3.75. The van der Waals surface area contributed by atoms with Crippen LogP contribution in [0.4, 0.5) is 0 Å². The van der Waals surface area contributed by atoms with Crippen LogP contribution in [-0.2, 0) is 6.54 Å². The van der Waals surface area contributed by atoms with Gasteiger partial charge in [-0.05, 0) is 18.6 Å². The number of aromatic amines is 1. The van der Waals surface area contributed by atoms with Crippen molar-refractivity contribution in [3.8, 4) is 0 Å². The van der Waals surface area contributed by atoms with Crippen molar-refractivity contribution in [2.45, 2.75) is 19.6 Å². The van der Waals surface area contributed by atoms with Crippen LogP contribution in [0, 0.1) is 0 Å². The zero-order chi connectivity index (χ0) is 10.7. The maximum atomic E-state index is 5.58. The minimum Gasteiger partial charge on any atom is -0.370 e. The molecule has 0 amide bonds. The van der Waals surface area contributed by atoms with Crippen LogP contribution in [0.25, 0.3) is 0 Å². The molecular weight excluding hydrogens is 192 g/mol. The SMILES string of the molecule is CC1N=C(N)NC(=NCc2cc[nH]c2)N1. The van der Waals surface area contributed by atoms with E-state index in [2.05, 4.69) is 25.6 Å². The fourth-order valence-electron chi connectivity index (χ4n) is 1.34. The summed E-state index contributed by atoms with van der Waals surface area (Å²) >= 11 is 0. The largest absolute Gasteiger partial charge is 0.370 e. The van der Waals surface area contributed by atoms with Crippen LogP contribution in [0.15, 0.2) is 28.4 Å². The van der Waals surface area contributed by atoms with E-state index in [0.717, 1.165) is 5.56 Å². The second-order valence-corrected chi connectivity index (χ2v) is 3.34. The molecule has 1 atom stereocenters. The van der Waals surface area contributed by atoms with Crippen molar-refractivity contribution in [1.82, 2.24) is 15.6 Å². The molecule has 0 bridgehead atoms. The highest BCUT2D eigenvalue weighted by Crippen LogP contribution is 1.99. The van der Waals surface area contributed by atoms with Gasteiger partial charge in [-0.2, -0.15) is 0 Å². The molecule has 1 aromatic heterocycles. The smallest absolute Gasteiger partial charge is 0.200 e. The predicted octanol–water partition coefficient (Wildman–Crippen LogP) is -0.276. The Morgan fingerprint density at radius 3 is 3.13 bits per heavy atom. The summed E-state index contributed by atoms with van der Waals surface area (Å²) < 4.78 is 0. The molecule has 6 nitrogen and oxygen atoms in total. The van der Waals surface area contributed by atoms with E-state index in [1.54, 1.807) is 0 Å². The van der Waals surface area contributed by atoms with Crippen molar-refractivity contribution in [2.24, 2.45) is 15.7 Å². The summed E-state index contributed by atoms with van der Waals surface area (Å²) in [5.74, 6) is 1.06. The average Bonchev–Trinajstić information content (AvgIpc) is 2.65. The topological polar surface area (TPSA) is 90.6 Å². The third-order valence-electron chi connectivity index (χ3n) is 2.01. The van der Waals surface area contributed by atoms with Gasteiger partial charge in [0.1, 0.15) is 6.17 Å². The zero-order valence-corrected chi connectivity index (χ0v) is 8.49. The fraction of sp³-hybridized carbons (Fsp3) is 0.333. The van der Waals surface area contributed by atoms with Crippen molar-refractivity contribution in [3.63, 3.8) is 0 Å². The van der Waals surface area contributed by atoms with Gasteiger partial charge in [0.2, 0.25) is 0 Å². The first-order valence-corrected chi connectivity index (χ1v) is 4.77. The molecule has 0 radical (unpaired) electrons. The molecule has 80 valence electrons. The molecule has 0 aliphatic carbocycles. The van der Waals surface area contributed by atoms with Gasteiger partial charge < -0.3 is 16.0 Å². The summed E-state index contributed by atoms with van der Waals surface area (Å²) in [6.45, 7) is 2.53. The number of aromatic nitrogens is 1. The first kappa shape index (κ1) is 9.57. The Morgan fingerprint density at radius 2 is 2.47 bits per heavy atom. The van der Waals surface area contributed by atoms with Gasteiger partial charge in [0, 0.05) is 12.4 Å². The third kappa shape index (κ3) is 2.49. The maximum Gasteiger partial charge on any atom is 0.200 e. The molecular formula is C9H14N6. The Morgan fingerprint density at radius 1 is 1.60 bits per heavy atom. The van der Waals surface area contributed by atoms with Crippen LogP contribution in [0.2, 0.25) is 0 Å². The van der Waals surface area contributed by atoms with Crippen LogP contribution in [0.3, 0.4) is 0 Å². The molecule has 5 N–H and O–H groups in total. The van der Waals surface area contributed by atoms with Gasteiger partial charge in [-0.25, -0.2) is 9.98 Å². The standard InChI is InChI=1S/C9H14N6/c1-6-13-8(10)15-9(14-6)12-5-7-2-3-11-4-7/h2-4,6,11H,5H2,1H3,(H4,10,12,13,14,15). The second-order valence-electron chi connectivity index (χ2n) is 3.34. The Bertz CT molecular complexity index is 377. The van der Waals surface area contributed by atoms with E-state index in [1.807, 2.05) is 25.4 Å². The van der Waals surface area contributed by atoms with E-state index in [4.69, 9.17) is 5.73 Å². The number of hydrogen-bond acceptors (Lipinski definition) is 3. The number of nitrogens with one attached hydrogen (secondary N) is 3. The zero-order valence-electron chi connectivity index (χ0n) is 8.49. The molecule has 0 saturated heterocycles. The van der Waals surface area contributed by atoms with E-state index < -0.39 is 0 Å². The molecule has 1 aliphatic heterocycles. The number of rotatable bonds is 2. The van der Waals surface area contributed by atoms with Gasteiger partial charge in [-0.1, -0.05) is 0 Å². The lowest BCUT2D eigenvalue weighted by Gasteiger charge is -2.20. The van der Waals surface area contributed by atoms with Crippen LogP contribution >= 0.6 is 0 Å². The average molecular weight is 206 g/mol. The molecule has 15 heavy (non-hydrogen) atoms. The van der Waals surface area contributed by atoms with Crippen molar-refractivity contribution >= 4 is 11.9 Å². The lowest BCUT2D eigenvalue weighted by atomic mass is 10.3. The van der Waals surface area contributed by atoms with E-state index >= 15 is 0 Å². The highest BCUT2D eigenvalue weighted by Gasteiger charge is 2.11. The molecule has 2 rings (SSSR count). The van der Waals surface area contributed by atoms with E-state index in [1.165, 1.54) is 0 Å². The van der Waals surface area contributed by atoms with Crippen LogP contribution < -0.4 is 16.4 Å². The lowest BCUT2D eigenvalue weighted by molar-refractivity contribution is 0.663. The number of nitrogens with zero attached hydrogens (tertiary/aromatic N) is 2. The second kappa shape index (κ2) is 4.04. The van der Waals surface area contributed by atoms with E-state index in [-0.39, 0.29) is 6.17 Å². The number of guanidine groups is 2. The summed E-state index contributed by atoms with van der Waals surface area (Å²) in [6, 6.07) is 1.98. The first-order chi connectivity index (χ1) is 7.24. The molecule has 0 spiro atoms. The minimum absolute atomic E-state index is 0.0313. The Kier molecular flexibility index (Phi) is 2.57. The summed E-state index contributed by atoms with van der Waals surface area (Å²) in [4.78, 5) is 11.4. The van der Waals surface area contributed by atoms with E-state index in [9.17, 15) is 0 Å². The third-order valence-corrected chi connectivity index (χ3v) is 2.01. The molecule has 6 heteroatoms. The predicted molar refractivity (Wildman–Crippen MR) is 59.3 cm³/mol. The molecule has 2 heterocycles. The van der Waals surface area contributed by atoms with Gasteiger partial charge >= 0.3 is 0 Å². The molecule has 0 saturated carbocycles. The number of nitrogens with two attached hydrogens (primary N) is 1. The molecule has 0 aromatic carbocycles. The monoisotopic (exact) mass is 206 g/mol. The van der Waals surface area contributed by atoms with Gasteiger partial charge in [-0.3, -0.25) is 5.32 Å². The Hall–Kier alpha value is -1.98. The van der Waals surface area contributed by atoms with Gasteiger partial charge in [0.25, 0.3) is 0 Å². The molecule has 1 unspecified atom stereocenters. The van der Waals surface area contributed by atoms with Crippen LogP contribution in [-0.4, -0.2) is 23.1 Å². The Balaban J connectivity index is 2.00. The number of aliphatic imine (C=N–C) groups is 2. The van der Waals surface area contributed by atoms with Gasteiger partial charge in [0.15, 0.2) is 11.9 Å². The van der Waals surface area contributed by atoms with Crippen molar-refractivity contribution < 1.29 is 0 Å². The molecule has 0 fully saturated rings. The molecule has 1 aliphatic rings. The van der Waals surface area contributed by atoms with Gasteiger partial charge in [-0.15, -0.1) is 0 Å². The highest BCUT2D eigenvalue weighted by atomic mass is 15.3. The van der Waals surface area contributed by atoms with Crippen LogP contribution in [0.5, 0.6) is 0 Å². The quantitative estimate of drug-likeness (QED) is 0.536. The fourth-order valence-corrected chi connectivity index (χ4v) is 1.34. The maximum absolute atomic E-state index is 5.58. The van der Waals surface area contributed by atoms with Gasteiger partial charge in [0.05, 0.1) is 6.54 Å². The number of hydrogen-bond donors (Lipinski definition) is 4. The van der Waals surface area contributed by atoms with Crippen molar-refractivity contribution in [2.75, 3.05) is 0 Å². The van der Waals surface area contributed by atoms with Crippen LogP contribution in [0.1, 0.15) is 12.5 Å². The lowest BCUT2D eigenvalue weighted by Crippen LogP contribution is -2.52. The van der Waals surface area contributed by atoms with Crippen molar-refractivity contribution in [3.05, 3.63) is 24.0 Å².